The number of ether oxygens (including phenoxy) is 1. The number of guanidine groups is 1. The standard InChI is InChI=1S/C21H29FN6O2.HI/c1-4-30-21(29)27-10-7-17(8-11-27)26-20(23-3)25-14-16-5-6-19(18(22)13-16)28-12-9-24-15(28)2;/h5-6,9,12-13,17H,4,7-8,10-11,14H2,1-3H3,(H2,23,25,26);1H. The van der Waals surface area contributed by atoms with E-state index in [4.69, 9.17) is 4.74 Å². The number of nitrogens with one attached hydrogen (secondary N) is 2. The van der Waals surface area contributed by atoms with Crippen LogP contribution in [0.2, 0.25) is 0 Å². The second-order valence-corrected chi connectivity index (χ2v) is 7.16. The summed E-state index contributed by atoms with van der Waals surface area (Å²) in [5.41, 5.74) is 1.29. The van der Waals surface area contributed by atoms with Gasteiger partial charge in [0.15, 0.2) is 5.96 Å². The molecule has 0 atom stereocenters. The van der Waals surface area contributed by atoms with Crippen molar-refractivity contribution in [1.82, 2.24) is 25.1 Å². The number of likely N-dealkylation sites (tertiary alicyclic amines) is 1. The highest BCUT2D eigenvalue weighted by atomic mass is 127. The zero-order valence-corrected chi connectivity index (χ0v) is 20.4. The van der Waals surface area contributed by atoms with Gasteiger partial charge in [-0.25, -0.2) is 14.2 Å². The van der Waals surface area contributed by atoms with E-state index in [1.807, 2.05) is 13.0 Å². The van der Waals surface area contributed by atoms with Gasteiger partial charge < -0.3 is 24.8 Å². The van der Waals surface area contributed by atoms with E-state index in [0.717, 1.165) is 24.2 Å². The Bertz CT molecular complexity index is 896. The molecular formula is C21H30FIN6O2. The van der Waals surface area contributed by atoms with Crippen LogP contribution in [0.15, 0.2) is 35.6 Å². The normalized spacial score (nSPS) is 14.7. The van der Waals surface area contributed by atoms with Gasteiger partial charge in [-0.05, 0) is 44.4 Å². The first-order valence-electron chi connectivity index (χ1n) is 10.2. The lowest BCUT2D eigenvalue weighted by molar-refractivity contribution is 0.0963. The van der Waals surface area contributed by atoms with Gasteiger partial charge in [0.05, 0.1) is 12.3 Å². The molecule has 0 saturated carbocycles. The molecule has 0 aliphatic carbocycles. The van der Waals surface area contributed by atoms with Crippen LogP contribution in [0.25, 0.3) is 5.69 Å². The van der Waals surface area contributed by atoms with Gasteiger partial charge in [-0.15, -0.1) is 24.0 Å². The number of benzene rings is 1. The molecule has 8 nitrogen and oxygen atoms in total. The summed E-state index contributed by atoms with van der Waals surface area (Å²) in [6.07, 6.45) is 4.76. The third-order valence-electron chi connectivity index (χ3n) is 5.14. The fourth-order valence-electron chi connectivity index (χ4n) is 3.48. The summed E-state index contributed by atoms with van der Waals surface area (Å²) in [6, 6.07) is 5.37. The van der Waals surface area contributed by atoms with Crippen LogP contribution in [0, 0.1) is 12.7 Å². The second-order valence-electron chi connectivity index (χ2n) is 7.16. The summed E-state index contributed by atoms with van der Waals surface area (Å²) in [5.74, 6) is 1.09. The number of rotatable bonds is 5. The first-order chi connectivity index (χ1) is 14.5. The van der Waals surface area contributed by atoms with E-state index in [0.29, 0.717) is 37.9 Å². The summed E-state index contributed by atoms with van der Waals surface area (Å²) in [6.45, 7) is 5.77. The Hall–Kier alpha value is -2.37. The molecule has 0 spiro atoms. The molecule has 1 fully saturated rings. The number of halogens is 2. The van der Waals surface area contributed by atoms with Crippen molar-refractivity contribution in [2.75, 3.05) is 26.7 Å². The molecule has 1 amide bonds. The van der Waals surface area contributed by atoms with E-state index in [1.54, 1.807) is 41.9 Å². The van der Waals surface area contributed by atoms with Crippen molar-refractivity contribution in [2.45, 2.75) is 39.3 Å². The summed E-state index contributed by atoms with van der Waals surface area (Å²) in [7, 11) is 1.70. The van der Waals surface area contributed by atoms with E-state index in [1.165, 1.54) is 6.07 Å². The number of aryl methyl sites for hydroxylation is 1. The summed E-state index contributed by atoms with van der Waals surface area (Å²) >= 11 is 0. The number of aliphatic imine (C=N–C) groups is 1. The largest absolute Gasteiger partial charge is 0.450 e. The predicted octanol–water partition coefficient (Wildman–Crippen LogP) is 3.22. The maximum Gasteiger partial charge on any atom is 0.409 e. The number of carbonyl (C=O) groups excluding carboxylic acids is 1. The van der Waals surface area contributed by atoms with Gasteiger partial charge in [0, 0.05) is 45.1 Å². The minimum atomic E-state index is -0.301. The van der Waals surface area contributed by atoms with Crippen molar-refractivity contribution in [1.29, 1.82) is 0 Å². The van der Waals surface area contributed by atoms with E-state index >= 15 is 0 Å². The van der Waals surface area contributed by atoms with E-state index in [2.05, 4.69) is 20.6 Å². The van der Waals surface area contributed by atoms with Gasteiger partial charge in [0.2, 0.25) is 0 Å². The lowest BCUT2D eigenvalue weighted by atomic mass is 10.1. The summed E-state index contributed by atoms with van der Waals surface area (Å²) in [5, 5.41) is 6.61. The van der Waals surface area contributed by atoms with Gasteiger partial charge >= 0.3 is 6.09 Å². The number of hydrogen-bond acceptors (Lipinski definition) is 4. The maximum atomic E-state index is 14.6. The number of hydrogen-bond donors (Lipinski definition) is 2. The highest BCUT2D eigenvalue weighted by molar-refractivity contribution is 14.0. The SMILES string of the molecule is CCOC(=O)N1CCC(NC(=NC)NCc2ccc(-n3ccnc3C)c(F)c2)CC1.I. The van der Waals surface area contributed by atoms with Gasteiger partial charge in [-0.2, -0.15) is 0 Å². The van der Waals surface area contributed by atoms with Crippen LogP contribution in [0.3, 0.4) is 0 Å². The Morgan fingerprint density at radius 3 is 2.68 bits per heavy atom. The van der Waals surface area contributed by atoms with Crippen LogP contribution >= 0.6 is 24.0 Å². The number of amides is 1. The molecule has 170 valence electrons. The van der Waals surface area contributed by atoms with Crippen LogP contribution in [0.5, 0.6) is 0 Å². The van der Waals surface area contributed by atoms with Gasteiger partial charge in [0.1, 0.15) is 11.6 Å². The van der Waals surface area contributed by atoms with E-state index in [9.17, 15) is 9.18 Å². The molecule has 0 radical (unpaired) electrons. The molecule has 1 aromatic heterocycles. The molecule has 2 N–H and O–H groups in total. The van der Waals surface area contributed by atoms with Gasteiger partial charge in [-0.3, -0.25) is 4.99 Å². The third kappa shape index (κ3) is 6.55. The van der Waals surface area contributed by atoms with Crippen molar-refractivity contribution in [3.8, 4) is 5.69 Å². The van der Waals surface area contributed by atoms with Crippen molar-refractivity contribution >= 4 is 36.0 Å². The Balaban J connectivity index is 0.00000341. The molecule has 1 aromatic carbocycles. The lowest BCUT2D eigenvalue weighted by Crippen LogP contribution is -2.49. The molecule has 2 aromatic rings. The third-order valence-corrected chi connectivity index (χ3v) is 5.14. The summed E-state index contributed by atoms with van der Waals surface area (Å²) in [4.78, 5) is 21.9. The van der Waals surface area contributed by atoms with E-state index < -0.39 is 0 Å². The van der Waals surface area contributed by atoms with Crippen molar-refractivity contribution in [2.24, 2.45) is 4.99 Å². The number of nitrogens with zero attached hydrogens (tertiary/aromatic N) is 4. The Kier molecular flexibility index (Phi) is 9.53. The molecule has 2 heterocycles. The van der Waals surface area contributed by atoms with Crippen molar-refractivity contribution < 1.29 is 13.9 Å². The number of carbonyl (C=O) groups is 1. The lowest BCUT2D eigenvalue weighted by Gasteiger charge is -2.32. The molecule has 0 bridgehead atoms. The van der Waals surface area contributed by atoms with Crippen LogP contribution in [-0.2, 0) is 11.3 Å². The maximum absolute atomic E-state index is 14.6. The fourth-order valence-corrected chi connectivity index (χ4v) is 3.48. The predicted molar refractivity (Wildman–Crippen MR) is 129 cm³/mol. The molecule has 10 heteroatoms. The zero-order chi connectivity index (χ0) is 21.5. The van der Waals surface area contributed by atoms with E-state index in [-0.39, 0.29) is 41.9 Å². The number of piperidine rings is 1. The topological polar surface area (TPSA) is 83.8 Å². The molecule has 1 aliphatic rings. The first kappa shape index (κ1) is 24.9. The Labute approximate surface area is 199 Å². The molecule has 0 unspecified atom stereocenters. The molecule has 1 aliphatic heterocycles. The average molecular weight is 544 g/mol. The van der Waals surface area contributed by atoms with Crippen LogP contribution < -0.4 is 10.6 Å². The second kappa shape index (κ2) is 11.9. The first-order valence-corrected chi connectivity index (χ1v) is 10.2. The number of aromatic nitrogens is 2. The summed E-state index contributed by atoms with van der Waals surface area (Å²) < 4.78 is 21.3. The van der Waals surface area contributed by atoms with Gasteiger partial charge in [-0.1, -0.05) is 6.07 Å². The molecule has 3 rings (SSSR count). The quantitative estimate of drug-likeness (QED) is 0.343. The number of imidazole rings is 1. The smallest absolute Gasteiger partial charge is 0.409 e. The molecule has 1 saturated heterocycles. The van der Waals surface area contributed by atoms with Crippen molar-refractivity contribution in [3.05, 3.63) is 47.8 Å². The monoisotopic (exact) mass is 544 g/mol. The molecule has 31 heavy (non-hydrogen) atoms. The zero-order valence-electron chi connectivity index (χ0n) is 18.1. The van der Waals surface area contributed by atoms with Crippen LogP contribution in [0.4, 0.5) is 9.18 Å². The molecular weight excluding hydrogens is 514 g/mol. The van der Waals surface area contributed by atoms with Gasteiger partial charge in [0.25, 0.3) is 0 Å². The van der Waals surface area contributed by atoms with Crippen molar-refractivity contribution in [3.63, 3.8) is 0 Å². The minimum absolute atomic E-state index is 0. The van der Waals surface area contributed by atoms with Crippen LogP contribution in [0.1, 0.15) is 31.2 Å². The minimum Gasteiger partial charge on any atom is -0.450 e. The van der Waals surface area contributed by atoms with Crippen LogP contribution in [-0.4, -0.2) is 59.3 Å². The Morgan fingerprint density at radius 2 is 2.10 bits per heavy atom. The fraction of sp³-hybridized carbons (Fsp3) is 0.476. The average Bonchev–Trinajstić information content (AvgIpc) is 3.17. The highest BCUT2D eigenvalue weighted by Gasteiger charge is 2.24. The highest BCUT2D eigenvalue weighted by Crippen LogP contribution is 2.17. The Morgan fingerprint density at radius 1 is 1.35 bits per heavy atom.